The fraction of sp³-hybridized carbons (Fsp3) is 0.278. The van der Waals surface area contributed by atoms with Crippen LogP contribution < -0.4 is 14.2 Å². The van der Waals surface area contributed by atoms with Gasteiger partial charge in [0.2, 0.25) is 5.75 Å². The van der Waals surface area contributed by atoms with E-state index < -0.39 is 0 Å². The molecule has 1 aliphatic rings. The van der Waals surface area contributed by atoms with E-state index in [4.69, 9.17) is 37.4 Å². The first-order valence-electron chi connectivity index (χ1n) is 7.32. The summed E-state index contributed by atoms with van der Waals surface area (Å²) in [4.78, 5) is 12.5. The minimum Gasteiger partial charge on any atom is -0.493 e. The Balaban J connectivity index is 2.26. The Labute approximate surface area is 150 Å². The first-order chi connectivity index (χ1) is 11.5. The summed E-state index contributed by atoms with van der Waals surface area (Å²) in [5.41, 5.74) is 2.17. The minimum atomic E-state index is -0.216. The number of hydrogen-bond acceptors (Lipinski definition) is 4. The molecule has 0 fully saturated rings. The van der Waals surface area contributed by atoms with E-state index in [2.05, 4.69) is 0 Å². The van der Waals surface area contributed by atoms with Crippen LogP contribution in [0, 0.1) is 0 Å². The number of hydrogen-bond donors (Lipinski definition) is 0. The van der Waals surface area contributed by atoms with Crippen LogP contribution in [0.15, 0.2) is 24.3 Å². The Morgan fingerprint density at radius 2 is 1.71 bits per heavy atom. The highest BCUT2D eigenvalue weighted by atomic mass is 35.5. The molecule has 3 rings (SSSR count). The van der Waals surface area contributed by atoms with Gasteiger partial charge in [0, 0.05) is 33.5 Å². The van der Waals surface area contributed by atoms with Crippen molar-refractivity contribution in [3.8, 4) is 17.2 Å². The number of ether oxygens (including phenoxy) is 3. The number of halogens is 2. The SMILES string of the molecule is COc1cc2c(c(OC)c1OC)C(c1ccc(Cl)cc1Cl)CC2=O. The van der Waals surface area contributed by atoms with E-state index >= 15 is 0 Å². The number of methoxy groups -OCH3 is 3. The first-order valence-corrected chi connectivity index (χ1v) is 8.08. The summed E-state index contributed by atoms with van der Waals surface area (Å²) in [5, 5.41) is 1.07. The molecule has 0 aliphatic heterocycles. The molecular weight excluding hydrogens is 351 g/mol. The predicted octanol–water partition coefficient (Wildman–Crippen LogP) is 4.74. The topological polar surface area (TPSA) is 44.8 Å². The average Bonchev–Trinajstić information content (AvgIpc) is 2.89. The van der Waals surface area contributed by atoms with Gasteiger partial charge >= 0.3 is 0 Å². The monoisotopic (exact) mass is 366 g/mol. The van der Waals surface area contributed by atoms with Crippen LogP contribution in [-0.4, -0.2) is 27.1 Å². The van der Waals surface area contributed by atoms with Gasteiger partial charge in [0.05, 0.1) is 21.3 Å². The molecule has 0 aromatic heterocycles. The van der Waals surface area contributed by atoms with Crippen molar-refractivity contribution in [2.45, 2.75) is 12.3 Å². The minimum absolute atomic E-state index is 0.0141. The van der Waals surface area contributed by atoms with Gasteiger partial charge in [0.25, 0.3) is 0 Å². The van der Waals surface area contributed by atoms with Crippen LogP contribution >= 0.6 is 23.2 Å². The largest absolute Gasteiger partial charge is 0.493 e. The van der Waals surface area contributed by atoms with E-state index in [1.54, 1.807) is 25.3 Å². The van der Waals surface area contributed by atoms with Gasteiger partial charge in [-0.05, 0) is 23.8 Å². The second kappa shape index (κ2) is 6.54. The predicted molar refractivity (Wildman–Crippen MR) is 93.4 cm³/mol. The van der Waals surface area contributed by atoms with Crippen LogP contribution in [0.25, 0.3) is 0 Å². The highest BCUT2D eigenvalue weighted by Gasteiger charge is 2.37. The summed E-state index contributed by atoms with van der Waals surface area (Å²) in [7, 11) is 4.60. The van der Waals surface area contributed by atoms with Crippen LogP contribution in [-0.2, 0) is 0 Å². The summed E-state index contributed by atoms with van der Waals surface area (Å²) >= 11 is 12.3. The zero-order valence-electron chi connectivity index (χ0n) is 13.5. The van der Waals surface area contributed by atoms with E-state index in [1.807, 2.05) is 6.07 Å². The lowest BCUT2D eigenvalue weighted by Gasteiger charge is -2.20. The smallest absolute Gasteiger partial charge is 0.203 e. The van der Waals surface area contributed by atoms with Gasteiger partial charge in [-0.1, -0.05) is 29.3 Å². The van der Waals surface area contributed by atoms with Crippen LogP contribution in [0.3, 0.4) is 0 Å². The summed E-state index contributed by atoms with van der Waals surface area (Å²) in [6, 6.07) is 6.98. The number of carbonyl (C=O) groups is 1. The van der Waals surface area contributed by atoms with Crippen molar-refractivity contribution >= 4 is 29.0 Å². The Bertz CT molecular complexity index is 817. The average molecular weight is 367 g/mol. The molecule has 0 N–H and O–H groups in total. The van der Waals surface area contributed by atoms with Crippen molar-refractivity contribution < 1.29 is 19.0 Å². The Morgan fingerprint density at radius 1 is 1.00 bits per heavy atom. The van der Waals surface area contributed by atoms with Crippen molar-refractivity contribution in [2.24, 2.45) is 0 Å². The molecule has 0 radical (unpaired) electrons. The molecule has 1 unspecified atom stereocenters. The molecule has 24 heavy (non-hydrogen) atoms. The molecule has 0 saturated heterocycles. The lowest BCUT2D eigenvalue weighted by atomic mass is 9.92. The van der Waals surface area contributed by atoms with Gasteiger partial charge in [-0.3, -0.25) is 4.79 Å². The molecule has 0 spiro atoms. The molecule has 2 aromatic carbocycles. The number of fused-ring (bicyclic) bond motifs is 1. The molecule has 6 heteroatoms. The number of carbonyl (C=O) groups excluding carboxylic acids is 1. The maximum atomic E-state index is 12.5. The van der Waals surface area contributed by atoms with Gasteiger partial charge in [-0.15, -0.1) is 0 Å². The van der Waals surface area contributed by atoms with E-state index in [9.17, 15) is 4.79 Å². The summed E-state index contributed by atoms with van der Waals surface area (Å²) in [6.07, 6.45) is 0.309. The van der Waals surface area contributed by atoms with Gasteiger partial charge in [0.15, 0.2) is 17.3 Å². The molecule has 1 atom stereocenters. The summed E-state index contributed by atoms with van der Waals surface area (Å²) in [6.45, 7) is 0. The van der Waals surface area contributed by atoms with Crippen molar-refractivity contribution in [2.75, 3.05) is 21.3 Å². The number of benzene rings is 2. The lowest BCUT2D eigenvalue weighted by molar-refractivity contribution is 0.0991. The highest BCUT2D eigenvalue weighted by molar-refractivity contribution is 6.35. The van der Waals surface area contributed by atoms with E-state index in [-0.39, 0.29) is 11.7 Å². The highest BCUT2D eigenvalue weighted by Crippen LogP contribution is 2.52. The fourth-order valence-corrected chi connectivity index (χ4v) is 3.74. The maximum absolute atomic E-state index is 12.5. The van der Waals surface area contributed by atoms with Gasteiger partial charge < -0.3 is 14.2 Å². The summed E-state index contributed by atoms with van der Waals surface area (Å²) in [5.74, 6) is 1.22. The van der Waals surface area contributed by atoms with Crippen molar-refractivity contribution in [1.82, 2.24) is 0 Å². The summed E-state index contributed by atoms with van der Waals surface area (Å²) < 4.78 is 16.3. The van der Waals surface area contributed by atoms with Crippen LogP contribution in [0.2, 0.25) is 10.0 Å². The van der Waals surface area contributed by atoms with E-state index in [1.165, 1.54) is 14.2 Å². The zero-order chi connectivity index (χ0) is 17.4. The number of rotatable bonds is 4. The molecule has 1 aliphatic carbocycles. The van der Waals surface area contributed by atoms with Crippen molar-refractivity contribution in [3.63, 3.8) is 0 Å². The zero-order valence-corrected chi connectivity index (χ0v) is 15.0. The Kier molecular flexibility index (Phi) is 4.61. The van der Waals surface area contributed by atoms with Gasteiger partial charge in [-0.2, -0.15) is 0 Å². The molecular formula is C18H16Cl2O4. The standard InChI is InChI=1S/C18H16Cl2O4/c1-22-15-8-12-14(21)7-11(10-5-4-9(19)6-13(10)20)16(12)18(24-3)17(15)23-2/h4-6,8,11H,7H2,1-3H3. The lowest BCUT2D eigenvalue weighted by Crippen LogP contribution is -2.03. The van der Waals surface area contributed by atoms with Gasteiger partial charge in [0.1, 0.15) is 0 Å². The molecule has 0 amide bonds. The normalized spacial score (nSPS) is 16.0. The van der Waals surface area contributed by atoms with Crippen LogP contribution in [0.5, 0.6) is 17.2 Å². The van der Waals surface area contributed by atoms with Crippen LogP contribution in [0.4, 0.5) is 0 Å². The number of ketones is 1. The van der Waals surface area contributed by atoms with Crippen molar-refractivity contribution in [3.05, 3.63) is 51.0 Å². The van der Waals surface area contributed by atoms with E-state index in [0.717, 1.165) is 11.1 Å². The molecule has 0 saturated carbocycles. The second-order valence-electron chi connectivity index (χ2n) is 5.45. The molecule has 0 bridgehead atoms. The van der Waals surface area contributed by atoms with Gasteiger partial charge in [-0.25, -0.2) is 0 Å². The van der Waals surface area contributed by atoms with E-state index in [0.29, 0.717) is 39.3 Å². The fourth-order valence-electron chi connectivity index (χ4n) is 3.20. The number of Topliss-reactive ketones (excluding diaryl/α,β-unsaturated/α-hetero) is 1. The maximum Gasteiger partial charge on any atom is 0.203 e. The molecule has 4 nitrogen and oxygen atoms in total. The molecule has 0 heterocycles. The third kappa shape index (κ3) is 2.60. The second-order valence-corrected chi connectivity index (χ2v) is 6.30. The molecule has 2 aromatic rings. The van der Waals surface area contributed by atoms with Crippen LogP contribution in [0.1, 0.15) is 33.8 Å². The first kappa shape index (κ1) is 16.9. The van der Waals surface area contributed by atoms with Crippen molar-refractivity contribution in [1.29, 1.82) is 0 Å². The quantitative estimate of drug-likeness (QED) is 0.783. The third-order valence-electron chi connectivity index (χ3n) is 4.24. The Morgan fingerprint density at radius 3 is 2.29 bits per heavy atom. The Hall–Kier alpha value is -1.91. The molecule has 126 valence electrons. The third-order valence-corrected chi connectivity index (χ3v) is 4.81.